The van der Waals surface area contributed by atoms with Crippen LogP contribution in [0.3, 0.4) is 0 Å². The average Bonchev–Trinajstić information content (AvgIpc) is 1.58. The minimum atomic E-state index is -0.0833. The molecule has 62 valence electrons. The maximum absolute atomic E-state index is 9.39. The minimum absolute atomic E-state index is 0.0833. The molecule has 0 fully saturated rings. The summed E-state index contributed by atoms with van der Waals surface area (Å²) in [6, 6.07) is 0. The van der Waals surface area contributed by atoms with Crippen LogP contribution in [0.15, 0.2) is 0 Å². The van der Waals surface area contributed by atoms with Gasteiger partial charge in [-0.15, -0.1) is 0 Å². The third-order valence-electron chi connectivity index (χ3n) is 1.49. The average molecular weight is 148 g/mol. The molecule has 0 heterocycles. The highest BCUT2D eigenvalue weighted by molar-refractivity contribution is 4.60. The van der Waals surface area contributed by atoms with Gasteiger partial charge in [-0.3, -0.25) is 0 Å². The smallest absolute Gasteiger partial charge is 0.0545 e. The summed E-state index contributed by atoms with van der Waals surface area (Å²) in [5, 5.41) is 9.39. The Kier molecular flexibility index (Phi) is 4.71. The van der Waals surface area contributed by atoms with Gasteiger partial charge in [0, 0.05) is 0 Å². The molecule has 0 aromatic rings. The van der Waals surface area contributed by atoms with Gasteiger partial charge in [0.25, 0.3) is 0 Å². The van der Waals surface area contributed by atoms with Gasteiger partial charge in [0.05, 0.1) is 6.10 Å². The summed E-state index contributed by atoms with van der Waals surface area (Å²) in [6.07, 6.45) is 1.80. The van der Waals surface area contributed by atoms with Gasteiger partial charge in [-0.25, -0.2) is 0 Å². The molecule has 0 aromatic carbocycles. The van der Waals surface area contributed by atoms with Crippen molar-refractivity contribution in [3.63, 3.8) is 0 Å². The van der Waals surface area contributed by atoms with Gasteiger partial charge in [-0.05, 0) is 24.7 Å². The second-order valence-electron chi connectivity index (χ2n) is 3.91. The normalized spacial score (nSPS) is 12.0. The predicted molar refractivity (Wildman–Crippen MR) is 44.9 cm³/mol. The van der Waals surface area contributed by atoms with Crippen LogP contribution >= 0.6 is 0 Å². The van der Waals surface area contributed by atoms with E-state index < -0.39 is 0 Å². The quantitative estimate of drug-likeness (QED) is 0.607. The Morgan fingerprint density at radius 1 is 0.900 bits per heavy atom. The van der Waals surface area contributed by atoms with E-state index in [1.807, 2.05) is 0 Å². The highest BCUT2D eigenvalue weighted by Crippen LogP contribution is 2.12. The molecular formula is C9H20O. The fourth-order valence-electron chi connectivity index (χ4n) is 1.18. The molecule has 0 saturated carbocycles. The largest absolute Gasteiger partial charge is 0.393 e. The van der Waals surface area contributed by atoms with E-state index in [4.69, 9.17) is 0 Å². The fraction of sp³-hybridized carbons (Fsp3) is 1.00. The Labute approximate surface area is 64.5 Å². The van der Waals surface area contributed by atoms with E-state index in [2.05, 4.69) is 27.7 Å². The topological polar surface area (TPSA) is 20.2 Å². The second-order valence-corrected chi connectivity index (χ2v) is 3.91. The van der Waals surface area contributed by atoms with E-state index in [0.717, 1.165) is 12.8 Å². The lowest BCUT2D eigenvalue weighted by Crippen LogP contribution is -2.12. The zero-order chi connectivity index (χ0) is 8.15. The van der Waals surface area contributed by atoms with Crippen molar-refractivity contribution in [1.29, 1.82) is 0 Å². The van der Waals surface area contributed by atoms with Gasteiger partial charge in [0.15, 0.2) is 0 Å². The maximum atomic E-state index is 9.39. The molecule has 0 rings (SSSR count). The van der Waals surface area contributed by atoms with E-state index in [1.54, 1.807) is 0 Å². The molecule has 1 heteroatoms. The van der Waals surface area contributed by atoms with Gasteiger partial charge in [0.2, 0.25) is 0 Å². The van der Waals surface area contributed by atoms with Gasteiger partial charge in [-0.2, -0.15) is 0 Å². The lowest BCUT2D eigenvalue weighted by molar-refractivity contribution is 0.125. The molecule has 0 spiro atoms. The molecule has 0 unspecified atom stereocenters. The summed E-state index contributed by atoms with van der Waals surface area (Å²) in [5.74, 6) is 1.24. The van der Waals surface area contributed by atoms with E-state index in [0.29, 0.717) is 11.8 Å². The Balaban J connectivity index is 3.34. The van der Waals surface area contributed by atoms with Crippen molar-refractivity contribution in [3.05, 3.63) is 0 Å². The van der Waals surface area contributed by atoms with Crippen LogP contribution in [-0.4, -0.2) is 11.2 Å². The first-order chi connectivity index (χ1) is 4.52. The highest BCUT2D eigenvalue weighted by Gasteiger charge is 2.07. The lowest BCUT2D eigenvalue weighted by Gasteiger charge is -2.14. The van der Waals surface area contributed by atoms with Crippen molar-refractivity contribution in [3.8, 4) is 0 Å². The van der Waals surface area contributed by atoms with Crippen LogP contribution < -0.4 is 0 Å². The summed E-state index contributed by atoms with van der Waals surface area (Å²) >= 11 is 0. The molecule has 0 radical (unpaired) electrons. The molecule has 0 amide bonds. The van der Waals surface area contributed by atoms with E-state index >= 15 is 0 Å². The number of rotatable bonds is 4. The Morgan fingerprint density at radius 3 is 1.40 bits per heavy atom. The van der Waals surface area contributed by atoms with Crippen molar-refractivity contribution >= 4 is 0 Å². The summed E-state index contributed by atoms with van der Waals surface area (Å²) in [5.41, 5.74) is 0. The van der Waals surface area contributed by atoms with Crippen LogP contribution in [0.2, 0.25) is 0 Å². The molecule has 0 aliphatic carbocycles. The van der Waals surface area contributed by atoms with Crippen LogP contribution in [-0.2, 0) is 0 Å². The Bertz CT molecular complexity index is 66.8. The van der Waals surface area contributed by atoms with Crippen LogP contribution in [0.25, 0.3) is 0 Å². The molecule has 1 N–H and O–H groups in total. The Hall–Kier alpha value is -0.0400. The number of hydrogen-bond acceptors (Lipinski definition) is 1. The molecule has 0 atom stereocenters. The van der Waals surface area contributed by atoms with Crippen LogP contribution in [0.1, 0.15) is 40.5 Å². The van der Waals surface area contributed by atoms with E-state index in [1.165, 1.54) is 0 Å². The van der Waals surface area contributed by atoms with Crippen molar-refractivity contribution in [2.45, 2.75) is 46.6 Å². The van der Waals surface area contributed by atoms with Gasteiger partial charge in [-0.1, -0.05) is 27.7 Å². The third-order valence-corrected chi connectivity index (χ3v) is 1.49. The first kappa shape index (κ1) is 9.96. The van der Waals surface area contributed by atoms with Gasteiger partial charge >= 0.3 is 0 Å². The van der Waals surface area contributed by atoms with Crippen LogP contribution in [0.4, 0.5) is 0 Å². The van der Waals surface area contributed by atoms with Gasteiger partial charge in [0.1, 0.15) is 0 Å². The standard InChI is InChI=1S/C9H20O/c1-7(2)5-9(10)6-8(3)4/h7-10H,5-6H2,1-4H3/i1+1,2+1,3+1,4+1. The third kappa shape index (κ3) is 6.09. The summed E-state index contributed by atoms with van der Waals surface area (Å²) < 4.78 is 0. The van der Waals surface area contributed by atoms with Gasteiger partial charge < -0.3 is 5.11 Å². The monoisotopic (exact) mass is 148 g/mol. The summed E-state index contributed by atoms with van der Waals surface area (Å²) in [6.45, 7) is 8.57. The van der Waals surface area contributed by atoms with E-state index in [-0.39, 0.29) is 6.10 Å². The highest BCUT2D eigenvalue weighted by atomic mass is 16.3. The maximum Gasteiger partial charge on any atom is 0.0545 e. The summed E-state index contributed by atoms with van der Waals surface area (Å²) in [7, 11) is 0. The predicted octanol–water partition coefficient (Wildman–Crippen LogP) is 2.44. The first-order valence-corrected chi connectivity index (χ1v) is 4.20. The van der Waals surface area contributed by atoms with Crippen LogP contribution in [0.5, 0.6) is 0 Å². The Morgan fingerprint density at radius 2 is 1.20 bits per heavy atom. The molecular weight excluding hydrogens is 128 g/mol. The molecule has 1 nitrogen and oxygen atoms in total. The summed E-state index contributed by atoms with van der Waals surface area (Å²) in [4.78, 5) is 0. The molecule has 0 aliphatic rings. The number of hydrogen-bond donors (Lipinski definition) is 1. The van der Waals surface area contributed by atoms with Crippen molar-refractivity contribution in [2.24, 2.45) is 11.8 Å². The number of aliphatic hydroxyl groups is 1. The fourth-order valence-corrected chi connectivity index (χ4v) is 1.18. The molecule has 0 aromatic heterocycles. The van der Waals surface area contributed by atoms with Crippen molar-refractivity contribution in [1.82, 2.24) is 0 Å². The lowest BCUT2D eigenvalue weighted by atomic mass is 10.1. The van der Waals surface area contributed by atoms with Crippen molar-refractivity contribution < 1.29 is 5.11 Å². The van der Waals surface area contributed by atoms with Crippen molar-refractivity contribution in [2.75, 3.05) is 0 Å². The minimum Gasteiger partial charge on any atom is -0.393 e. The molecule has 0 aliphatic heterocycles. The first-order valence-electron chi connectivity index (χ1n) is 4.20. The second kappa shape index (κ2) is 4.73. The zero-order valence-corrected chi connectivity index (χ0v) is 7.59. The van der Waals surface area contributed by atoms with Crippen LogP contribution in [0, 0.1) is 11.8 Å². The molecule has 10 heavy (non-hydrogen) atoms. The zero-order valence-electron chi connectivity index (χ0n) is 7.59. The van der Waals surface area contributed by atoms with E-state index in [9.17, 15) is 5.11 Å². The molecule has 0 bridgehead atoms. The molecule has 0 saturated heterocycles. The number of aliphatic hydroxyl groups excluding tert-OH is 1. The SMILES string of the molecule is [13CH3]C([13CH3])CC(O)CC([13CH3])[13CH3].